The number of carbonyl (C=O) groups is 1. The van der Waals surface area contributed by atoms with Crippen LogP contribution in [-0.2, 0) is 21.2 Å². The average molecular weight is 509 g/mol. The summed E-state index contributed by atoms with van der Waals surface area (Å²) in [6, 6.07) is 20.0. The first-order chi connectivity index (χ1) is 16.7. The van der Waals surface area contributed by atoms with Gasteiger partial charge in [-0.2, -0.15) is 0 Å². The van der Waals surface area contributed by atoms with Crippen molar-refractivity contribution in [1.82, 2.24) is 9.71 Å². The number of nitrogen functional groups attached to an aromatic ring is 1. The molecule has 1 atom stereocenters. The molecule has 11 heteroatoms. The van der Waals surface area contributed by atoms with Gasteiger partial charge in [0.05, 0.1) is 27.7 Å². The van der Waals surface area contributed by atoms with Crippen LogP contribution in [0.3, 0.4) is 0 Å². The summed E-state index contributed by atoms with van der Waals surface area (Å²) in [7, 11) is -3.99. The predicted molar refractivity (Wildman–Crippen MR) is 138 cm³/mol. The predicted octanol–water partition coefficient (Wildman–Crippen LogP) is 2.74. The number of anilines is 1. The van der Waals surface area contributed by atoms with E-state index in [4.69, 9.17) is 16.9 Å². The molecule has 0 saturated carbocycles. The number of rotatable bonds is 9. The van der Waals surface area contributed by atoms with E-state index in [0.717, 1.165) is 15.8 Å². The number of nitrogens with two attached hydrogens (primary N) is 2. The first-order valence-electron chi connectivity index (χ1n) is 10.7. The minimum atomic E-state index is -3.99. The molecule has 1 amide bonds. The number of nitrogens with zero attached hydrogens (tertiary/aromatic N) is 1. The van der Waals surface area contributed by atoms with Crippen LogP contribution in [0, 0.1) is 5.41 Å². The van der Waals surface area contributed by atoms with Crippen molar-refractivity contribution < 1.29 is 13.2 Å². The fourth-order valence-corrected chi connectivity index (χ4v) is 5.87. The van der Waals surface area contributed by atoms with Gasteiger partial charge >= 0.3 is 0 Å². The number of thiazole rings is 1. The summed E-state index contributed by atoms with van der Waals surface area (Å²) in [5, 5.41) is 10.9. The van der Waals surface area contributed by atoms with Crippen LogP contribution < -0.4 is 21.5 Å². The quantitative estimate of drug-likeness (QED) is 0.172. The molecule has 0 aliphatic heterocycles. The average Bonchev–Trinajstić information content (AvgIpc) is 3.28. The highest BCUT2D eigenvalue weighted by atomic mass is 32.2. The number of hydrogen-bond acceptors (Lipinski definition) is 7. The minimum Gasteiger partial charge on any atom is -0.384 e. The molecular weight excluding hydrogens is 484 g/mol. The largest absolute Gasteiger partial charge is 0.384 e. The standard InChI is InChI=1S/C24H24N6O3S2/c25-14-22(31)28-17-7-4-8-18(13-17)35(32,33)30-20(12-15-5-3-6-16(11-15)23(26)27)24-29-19-9-1-2-10-21(19)34-24/h1-11,13,20,30H,12,14,25H2,(H3,26,27)(H,28,31). The third-order valence-electron chi connectivity index (χ3n) is 5.20. The van der Waals surface area contributed by atoms with Crippen molar-refractivity contribution in [2.75, 3.05) is 11.9 Å². The Morgan fingerprint density at radius 2 is 1.83 bits per heavy atom. The smallest absolute Gasteiger partial charge is 0.241 e. The molecule has 0 aliphatic rings. The van der Waals surface area contributed by atoms with Gasteiger partial charge in [0.2, 0.25) is 15.9 Å². The van der Waals surface area contributed by atoms with Crippen molar-refractivity contribution in [3.63, 3.8) is 0 Å². The molecular formula is C24H24N6O3S2. The Morgan fingerprint density at radius 1 is 1.06 bits per heavy atom. The Hall–Kier alpha value is -3.64. The molecule has 4 rings (SSSR count). The molecule has 7 N–H and O–H groups in total. The van der Waals surface area contributed by atoms with Gasteiger partial charge in [-0.25, -0.2) is 18.1 Å². The number of fused-ring (bicyclic) bond motifs is 1. The number of amides is 1. The molecule has 4 aromatic rings. The zero-order valence-electron chi connectivity index (χ0n) is 18.6. The zero-order chi connectivity index (χ0) is 25.0. The van der Waals surface area contributed by atoms with Crippen molar-refractivity contribution in [3.05, 3.63) is 88.9 Å². The van der Waals surface area contributed by atoms with E-state index >= 15 is 0 Å². The molecule has 0 bridgehead atoms. The zero-order valence-corrected chi connectivity index (χ0v) is 20.2. The van der Waals surface area contributed by atoms with E-state index in [0.29, 0.717) is 22.7 Å². The van der Waals surface area contributed by atoms with Crippen molar-refractivity contribution in [2.24, 2.45) is 11.5 Å². The molecule has 1 heterocycles. The maximum atomic E-state index is 13.4. The Kier molecular flexibility index (Phi) is 7.22. The van der Waals surface area contributed by atoms with Crippen molar-refractivity contribution in [3.8, 4) is 0 Å². The monoisotopic (exact) mass is 508 g/mol. The lowest BCUT2D eigenvalue weighted by Gasteiger charge is -2.18. The van der Waals surface area contributed by atoms with Crippen LogP contribution in [0.4, 0.5) is 5.69 Å². The second-order valence-electron chi connectivity index (χ2n) is 7.79. The Labute approximate surface area is 206 Å². The number of carbonyl (C=O) groups excluding carboxylic acids is 1. The number of nitrogens with one attached hydrogen (secondary N) is 3. The van der Waals surface area contributed by atoms with Gasteiger partial charge in [0, 0.05) is 11.3 Å². The first-order valence-corrected chi connectivity index (χ1v) is 13.0. The van der Waals surface area contributed by atoms with Crippen LogP contribution in [0.15, 0.2) is 77.7 Å². The van der Waals surface area contributed by atoms with Crippen LogP contribution in [0.2, 0.25) is 0 Å². The van der Waals surface area contributed by atoms with E-state index in [2.05, 4.69) is 15.0 Å². The van der Waals surface area contributed by atoms with Gasteiger partial charge in [0.15, 0.2) is 0 Å². The minimum absolute atomic E-state index is 0.00378. The van der Waals surface area contributed by atoms with Gasteiger partial charge in [-0.1, -0.05) is 36.4 Å². The van der Waals surface area contributed by atoms with E-state index in [1.54, 1.807) is 30.3 Å². The van der Waals surface area contributed by atoms with Gasteiger partial charge in [-0.3, -0.25) is 10.2 Å². The molecule has 0 saturated heterocycles. The lowest BCUT2D eigenvalue weighted by molar-refractivity contribution is -0.114. The van der Waals surface area contributed by atoms with Gasteiger partial charge in [-0.05, 0) is 48.4 Å². The van der Waals surface area contributed by atoms with Crippen LogP contribution in [-0.4, -0.2) is 31.7 Å². The number of sulfonamides is 1. The summed E-state index contributed by atoms with van der Waals surface area (Å²) in [5.41, 5.74) is 13.4. The van der Waals surface area contributed by atoms with E-state index < -0.39 is 22.0 Å². The molecule has 0 fully saturated rings. The van der Waals surface area contributed by atoms with Crippen LogP contribution in [0.25, 0.3) is 10.2 Å². The molecule has 1 aromatic heterocycles. The molecule has 3 aromatic carbocycles. The fourth-order valence-electron chi connectivity index (χ4n) is 3.53. The van der Waals surface area contributed by atoms with Gasteiger partial charge in [0.25, 0.3) is 0 Å². The summed E-state index contributed by atoms with van der Waals surface area (Å²) in [6.07, 6.45) is 0.295. The highest BCUT2D eigenvalue weighted by Crippen LogP contribution is 2.30. The highest BCUT2D eigenvalue weighted by Gasteiger charge is 2.25. The Morgan fingerprint density at radius 3 is 2.57 bits per heavy atom. The lowest BCUT2D eigenvalue weighted by Crippen LogP contribution is -2.30. The molecule has 35 heavy (non-hydrogen) atoms. The molecule has 0 spiro atoms. The topological polar surface area (TPSA) is 164 Å². The van der Waals surface area contributed by atoms with Gasteiger partial charge in [-0.15, -0.1) is 11.3 Å². The number of aromatic nitrogens is 1. The summed E-state index contributed by atoms with van der Waals surface area (Å²) in [6.45, 7) is -0.214. The summed E-state index contributed by atoms with van der Waals surface area (Å²) >= 11 is 1.41. The summed E-state index contributed by atoms with van der Waals surface area (Å²) in [4.78, 5) is 16.3. The maximum absolute atomic E-state index is 13.4. The molecule has 0 aliphatic carbocycles. The van der Waals surface area contributed by atoms with Crippen molar-refractivity contribution >= 4 is 49.0 Å². The maximum Gasteiger partial charge on any atom is 0.241 e. The summed E-state index contributed by atoms with van der Waals surface area (Å²) < 4.78 is 30.5. The fraction of sp³-hybridized carbons (Fsp3) is 0.125. The third kappa shape index (κ3) is 5.89. The second-order valence-corrected chi connectivity index (χ2v) is 10.6. The number of hydrogen-bond donors (Lipinski definition) is 5. The number of benzene rings is 3. The van der Waals surface area contributed by atoms with Crippen molar-refractivity contribution in [1.29, 1.82) is 5.41 Å². The lowest BCUT2D eigenvalue weighted by atomic mass is 10.0. The molecule has 180 valence electrons. The van der Waals surface area contributed by atoms with E-state index in [9.17, 15) is 13.2 Å². The SMILES string of the molecule is N=C(N)c1cccc(CC(NS(=O)(=O)c2cccc(NC(=O)CN)c2)c2nc3ccccc3s2)c1. The van der Waals surface area contributed by atoms with Crippen LogP contribution in [0.1, 0.15) is 22.2 Å². The van der Waals surface area contributed by atoms with Gasteiger partial charge in [0.1, 0.15) is 10.8 Å². The van der Waals surface area contributed by atoms with E-state index in [1.165, 1.54) is 23.5 Å². The molecule has 9 nitrogen and oxygen atoms in total. The van der Waals surface area contributed by atoms with Crippen molar-refractivity contribution in [2.45, 2.75) is 17.4 Å². The molecule has 0 radical (unpaired) electrons. The Bertz CT molecular complexity index is 1470. The first kappa shape index (κ1) is 24.5. The van der Waals surface area contributed by atoms with Crippen LogP contribution in [0.5, 0.6) is 0 Å². The highest BCUT2D eigenvalue weighted by molar-refractivity contribution is 7.89. The second kappa shape index (κ2) is 10.3. The number of amidine groups is 1. The van der Waals surface area contributed by atoms with Crippen LogP contribution >= 0.6 is 11.3 Å². The van der Waals surface area contributed by atoms with E-state index in [-0.39, 0.29) is 17.3 Å². The van der Waals surface area contributed by atoms with E-state index in [1.807, 2.05) is 30.3 Å². The Balaban J connectivity index is 1.69. The third-order valence-corrected chi connectivity index (χ3v) is 7.82. The normalized spacial score (nSPS) is 12.4. The van der Waals surface area contributed by atoms with Gasteiger partial charge < -0.3 is 16.8 Å². The molecule has 1 unspecified atom stereocenters. The summed E-state index contributed by atoms with van der Waals surface area (Å²) in [5.74, 6) is -0.495. The number of para-hydroxylation sites is 1.